The highest BCUT2D eigenvalue weighted by Crippen LogP contribution is 2.13. The van der Waals surface area contributed by atoms with Crippen LogP contribution in [-0.4, -0.2) is 47.6 Å². The third-order valence-electron chi connectivity index (χ3n) is 3.11. The molecule has 20 heavy (non-hydrogen) atoms. The third-order valence-corrected chi connectivity index (χ3v) is 3.32. The molecule has 5 nitrogen and oxygen atoms in total. The molecule has 1 aliphatic rings. The Balaban J connectivity index is 2.05. The van der Waals surface area contributed by atoms with Crippen molar-refractivity contribution in [2.24, 2.45) is 0 Å². The van der Waals surface area contributed by atoms with Gasteiger partial charge in [0.05, 0.1) is 18.9 Å². The summed E-state index contributed by atoms with van der Waals surface area (Å²) in [5.74, 6) is 0.00160. The van der Waals surface area contributed by atoms with Crippen LogP contribution >= 0.6 is 11.6 Å². The van der Waals surface area contributed by atoms with Crippen LogP contribution in [0.3, 0.4) is 0 Å². The molecule has 1 aromatic rings. The molecule has 0 aliphatic carbocycles. The molecule has 1 unspecified atom stereocenters. The lowest BCUT2D eigenvalue weighted by Gasteiger charge is -2.34. The Hall–Kier alpha value is -1.17. The van der Waals surface area contributed by atoms with Gasteiger partial charge in [-0.1, -0.05) is 17.7 Å². The standard InChI is InChI=1S/C14H20ClN3O2/c1-10(2)16-14(19)12-9-20-7-6-18(12)8-11-4-3-5-13(15)17-11/h3-5,10,12H,6-9H2,1-2H3,(H,16,19). The Labute approximate surface area is 124 Å². The number of pyridine rings is 1. The summed E-state index contributed by atoms with van der Waals surface area (Å²) in [6.45, 7) is 6.25. The molecule has 1 N–H and O–H groups in total. The largest absolute Gasteiger partial charge is 0.378 e. The van der Waals surface area contributed by atoms with Crippen molar-refractivity contribution < 1.29 is 9.53 Å². The summed E-state index contributed by atoms with van der Waals surface area (Å²) < 4.78 is 5.43. The third kappa shape index (κ3) is 4.16. The molecule has 1 amide bonds. The quantitative estimate of drug-likeness (QED) is 0.855. The summed E-state index contributed by atoms with van der Waals surface area (Å²) in [6.07, 6.45) is 0. The molecule has 110 valence electrons. The van der Waals surface area contributed by atoms with Gasteiger partial charge in [-0.3, -0.25) is 9.69 Å². The van der Waals surface area contributed by atoms with E-state index in [0.29, 0.717) is 31.5 Å². The molecular formula is C14H20ClN3O2. The van der Waals surface area contributed by atoms with Crippen molar-refractivity contribution in [2.75, 3.05) is 19.8 Å². The fraction of sp³-hybridized carbons (Fsp3) is 0.571. The summed E-state index contributed by atoms with van der Waals surface area (Å²) >= 11 is 5.90. The van der Waals surface area contributed by atoms with Crippen LogP contribution < -0.4 is 5.32 Å². The Morgan fingerprint density at radius 3 is 3.10 bits per heavy atom. The summed E-state index contributed by atoms with van der Waals surface area (Å²) in [5.41, 5.74) is 0.863. The van der Waals surface area contributed by atoms with E-state index < -0.39 is 0 Å². The van der Waals surface area contributed by atoms with Gasteiger partial charge in [-0.25, -0.2) is 4.98 Å². The number of morpholine rings is 1. The van der Waals surface area contributed by atoms with E-state index in [-0.39, 0.29) is 18.0 Å². The maximum absolute atomic E-state index is 12.2. The van der Waals surface area contributed by atoms with Crippen LogP contribution in [0, 0.1) is 0 Å². The molecule has 1 aliphatic heterocycles. The number of amides is 1. The van der Waals surface area contributed by atoms with Crippen LogP contribution in [0.2, 0.25) is 5.15 Å². The average Bonchev–Trinajstić information content (AvgIpc) is 2.38. The second-order valence-electron chi connectivity index (χ2n) is 5.18. The zero-order chi connectivity index (χ0) is 14.5. The van der Waals surface area contributed by atoms with Crippen LogP contribution in [-0.2, 0) is 16.1 Å². The van der Waals surface area contributed by atoms with E-state index in [9.17, 15) is 4.79 Å². The van der Waals surface area contributed by atoms with Crippen LogP contribution in [0.1, 0.15) is 19.5 Å². The molecule has 0 saturated carbocycles. The highest BCUT2D eigenvalue weighted by atomic mass is 35.5. The molecule has 2 heterocycles. The fourth-order valence-corrected chi connectivity index (χ4v) is 2.38. The van der Waals surface area contributed by atoms with Gasteiger partial charge in [0.1, 0.15) is 11.2 Å². The summed E-state index contributed by atoms with van der Waals surface area (Å²) in [7, 11) is 0. The minimum absolute atomic E-state index is 0.00160. The minimum atomic E-state index is -0.271. The molecule has 2 rings (SSSR count). The summed E-state index contributed by atoms with van der Waals surface area (Å²) in [5, 5.41) is 3.40. The minimum Gasteiger partial charge on any atom is -0.378 e. The number of aromatic nitrogens is 1. The van der Waals surface area contributed by atoms with Crippen LogP contribution in [0.15, 0.2) is 18.2 Å². The zero-order valence-corrected chi connectivity index (χ0v) is 12.6. The highest BCUT2D eigenvalue weighted by Gasteiger charge is 2.29. The van der Waals surface area contributed by atoms with Crippen molar-refractivity contribution in [1.29, 1.82) is 0 Å². The van der Waals surface area contributed by atoms with Gasteiger partial charge >= 0.3 is 0 Å². The first kappa shape index (κ1) is 15.2. The lowest BCUT2D eigenvalue weighted by molar-refractivity contribution is -0.133. The van der Waals surface area contributed by atoms with E-state index in [2.05, 4.69) is 15.2 Å². The van der Waals surface area contributed by atoms with Crippen molar-refractivity contribution in [2.45, 2.75) is 32.5 Å². The molecular weight excluding hydrogens is 278 g/mol. The molecule has 1 aromatic heterocycles. The Morgan fingerprint density at radius 1 is 1.60 bits per heavy atom. The van der Waals surface area contributed by atoms with Crippen molar-refractivity contribution in [1.82, 2.24) is 15.2 Å². The number of rotatable bonds is 4. The van der Waals surface area contributed by atoms with Gasteiger partial charge in [0.2, 0.25) is 5.91 Å². The first-order valence-corrected chi connectivity index (χ1v) is 7.17. The van der Waals surface area contributed by atoms with E-state index in [0.717, 1.165) is 5.69 Å². The molecule has 1 fully saturated rings. The predicted octanol–water partition coefficient (Wildman–Crippen LogP) is 1.46. The number of carbonyl (C=O) groups excluding carboxylic acids is 1. The fourth-order valence-electron chi connectivity index (χ4n) is 2.20. The van der Waals surface area contributed by atoms with Gasteiger partial charge in [0, 0.05) is 19.1 Å². The first-order chi connectivity index (χ1) is 9.56. The second kappa shape index (κ2) is 7.02. The Kier molecular flexibility index (Phi) is 5.34. The molecule has 0 bridgehead atoms. The van der Waals surface area contributed by atoms with Gasteiger partial charge in [-0.15, -0.1) is 0 Å². The molecule has 0 radical (unpaired) electrons. The smallest absolute Gasteiger partial charge is 0.239 e. The summed E-state index contributed by atoms with van der Waals surface area (Å²) in [6, 6.07) is 5.38. The SMILES string of the molecule is CC(C)NC(=O)C1COCCN1Cc1cccc(Cl)n1. The van der Waals surface area contributed by atoms with E-state index in [1.54, 1.807) is 6.07 Å². The van der Waals surface area contributed by atoms with E-state index in [4.69, 9.17) is 16.3 Å². The lowest BCUT2D eigenvalue weighted by atomic mass is 10.2. The number of halogens is 1. The molecule has 1 atom stereocenters. The number of nitrogens with one attached hydrogen (secondary N) is 1. The van der Waals surface area contributed by atoms with Gasteiger partial charge in [-0.2, -0.15) is 0 Å². The van der Waals surface area contributed by atoms with Crippen molar-refractivity contribution >= 4 is 17.5 Å². The number of hydrogen-bond donors (Lipinski definition) is 1. The topological polar surface area (TPSA) is 54.5 Å². The Morgan fingerprint density at radius 2 is 2.40 bits per heavy atom. The molecule has 1 saturated heterocycles. The van der Waals surface area contributed by atoms with Gasteiger partial charge in [0.25, 0.3) is 0 Å². The van der Waals surface area contributed by atoms with E-state index in [1.165, 1.54) is 0 Å². The molecule has 0 spiro atoms. The zero-order valence-electron chi connectivity index (χ0n) is 11.8. The monoisotopic (exact) mass is 297 g/mol. The molecule has 0 aromatic carbocycles. The molecule has 6 heteroatoms. The number of carbonyl (C=O) groups is 1. The van der Waals surface area contributed by atoms with Crippen LogP contribution in [0.25, 0.3) is 0 Å². The second-order valence-corrected chi connectivity index (χ2v) is 5.56. The average molecular weight is 298 g/mol. The van der Waals surface area contributed by atoms with E-state index >= 15 is 0 Å². The maximum atomic E-state index is 12.2. The summed E-state index contributed by atoms with van der Waals surface area (Å²) in [4.78, 5) is 18.6. The number of nitrogens with zero attached hydrogens (tertiary/aromatic N) is 2. The normalized spacial score (nSPS) is 20.1. The van der Waals surface area contributed by atoms with Crippen LogP contribution in [0.5, 0.6) is 0 Å². The predicted molar refractivity (Wildman–Crippen MR) is 77.5 cm³/mol. The maximum Gasteiger partial charge on any atom is 0.239 e. The van der Waals surface area contributed by atoms with E-state index in [1.807, 2.05) is 26.0 Å². The van der Waals surface area contributed by atoms with Gasteiger partial charge in [-0.05, 0) is 26.0 Å². The number of hydrogen-bond acceptors (Lipinski definition) is 4. The van der Waals surface area contributed by atoms with Crippen molar-refractivity contribution in [3.8, 4) is 0 Å². The van der Waals surface area contributed by atoms with Gasteiger partial charge < -0.3 is 10.1 Å². The lowest BCUT2D eigenvalue weighted by Crippen LogP contribution is -2.54. The van der Waals surface area contributed by atoms with Crippen molar-refractivity contribution in [3.05, 3.63) is 29.0 Å². The highest BCUT2D eigenvalue weighted by molar-refractivity contribution is 6.29. The van der Waals surface area contributed by atoms with Crippen LogP contribution in [0.4, 0.5) is 0 Å². The number of ether oxygens (including phenoxy) is 1. The van der Waals surface area contributed by atoms with Crippen molar-refractivity contribution in [3.63, 3.8) is 0 Å². The van der Waals surface area contributed by atoms with Gasteiger partial charge in [0.15, 0.2) is 0 Å². The first-order valence-electron chi connectivity index (χ1n) is 6.80. The Bertz CT molecular complexity index is 467.